The molecule has 90 valence electrons. The lowest BCUT2D eigenvalue weighted by Gasteiger charge is -2.22. The standard InChI is InChI=1S/C11H15N5O/c1-3-12-4-2-9(1)7-17-11-10-15-14-8-16(10)6-5-13-11/h5-6,8-9,12H,1-4,7H2. The maximum Gasteiger partial charge on any atom is 0.260 e. The van der Waals surface area contributed by atoms with Gasteiger partial charge in [-0.3, -0.25) is 4.40 Å². The average Bonchev–Trinajstić information content (AvgIpc) is 2.86. The number of rotatable bonds is 3. The van der Waals surface area contributed by atoms with Gasteiger partial charge in [0.2, 0.25) is 5.65 Å². The predicted molar refractivity (Wildman–Crippen MR) is 61.9 cm³/mol. The number of fused-ring (bicyclic) bond motifs is 1. The zero-order chi connectivity index (χ0) is 11.5. The van der Waals surface area contributed by atoms with Gasteiger partial charge in [-0.15, -0.1) is 10.2 Å². The highest BCUT2D eigenvalue weighted by atomic mass is 16.5. The van der Waals surface area contributed by atoms with Crippen molar-refractivity contribution in [2.75, 3.05) is 19.7 Å². The largest absolute Gasteiger partial charge is 0.475 e. The van der Waals surface area contributed by atoms with E-state index in [1.807, 2.05) is 10.6 Å². The summed E-state index contributed by atoms with van der Waals surface area (Å²) < 4.78 is 7.57. The number of piperidine rings is 1. The number of nitrogens with one attached hydrogen (secondary N) is 1. The molecule has 2 aromatic rings. The molecule has 17 heavy (non-hydrogen) atoms. The first kappa shape index (κ1) is 10.5. The van der Waals surface area contributed by atoms with E-state index in [0.717, 1.165) is 25.9 Å². The summed E-state index contributed by atoms with van der Waals surface area (Å²) in [4.78, 5) is 4.20. The maximum atomic E-state index is 5.75. The van der Waals surface area contributed by atoms with Crippen LogP contribution < -0.4 is 10.1 Å². The highest BCUT2D eigenvalue weighted by Crippen LogP contribution is 2.17. The average molecular weight is 233 g/mol. The van der Waals surface area contributed by atoms with Gasteiger partial charge in [0.15, 0.2) is 0 Å². The second-order valence-electron chi connectivity index (χ2n) is 4.30. The molecule has 2 aromatic heterocycles. The van der Waals surface area contributed by atoms with Gasteiger partial charge in [0, 0.05) is 12.4 Å². The Hall–Kier alpha value is -1.69. The molecule has 0 atom stereocenters. The Labute approximate surface area is 99.0 Å². The van der Waals surface area contributed by atoms with E-state index in [2.05, 4.69) is 20.5 Å². The van der Waals surface area contributed by atoms with Gasteiger partial charge in [-0.2, -0.15) is 0 Å². The highest BCUT2D eigenvalue weighted by molar-refractivity contribution is 5.47. The summed E-state index contributed by atoms with van der Waals surface area (Å²) in [6, 6.07) is 0. The first-order valence-electron chi connectivity index (χ1n) is 5.91. The molecule has 1 fully saturated rings. The first-order valence-corrected chi connectivity index (χ1v) is 5.91. The third kappa shape index (κ3) is 2.21. The Kier molecular flexibility index (Phi) is 2.87. The minimum atomic E-state index is 0.573. The number of nitrogens with zero attached hydrogens (tertiary/aromatic N) is 4. The molecule has 6 nitrogen and oxygen atoms in total. The van der Waals surface area contributed by atoms with Crippen molar-refractivity contribution in [1.29, 1.82) is 0 Å². The molecule has 0 bridgehead atoms. The summed E-state index contributed by atoms with van der Waals surface area (Å²) in [5.41, 5.74) is 0.682. The van der Waals surface area contributed by atoms with Gasteiger partial charge in [0.05, 0.1) is 6.61 Å². The summed E-state index contributed by atoms with van der Waals surface area (Å²) >= 11 is 0. The maximum absolute atomic E-state index is 5.75. The van der Waals surface area contributed by atoms with Crippen molar-refractivity contribution in [1.82, 2.24) is 24.9 Å². The molecule has 1 N–H and O–H groups in total. The molecule has 0 radical (unpaired) electrons. The van der Waals surface area contributed by atoms with Crippen LogP contribution in [0.4, 0.5) is 0 Å². The number of hydrogen-bond acceptors (Lipinski definition) is 5. The molecule has 1 aliphatic rings. The van der Waals surface area contributed by atoms with Crippen LogP contribution in [0.15, 0.2) is 18.7 Å². The van der Waals surface area contributed by atoms with Gasteiger partial charge >= 0.3 is 0 Å². The van der Waals surface area contributed by atoms with Crippen molar-refractivity contribution in [3.8, 4) is 5.88 Å². The van der Waals surface area contributed by atoms with E-state index >= 15 is 0 Å². The van der Waals surface area contributed by atoms with E-state index in [1.165, 1.54) is 0 Å². The van der Waals surface area contributed by atoms with E-state index in [0.29, 0.717) is 24.1 Å². The van der Waals surface area contributed by atoms with E-state index < -0.39 is 0 Å². The van der Waals surface area contributed by atoms with Gasteiger partial charge in [-0.1, -0.05) is 0 Å². The topological polar surface area (TPSA) is 64.3 Å². The first-order chi connectivity index (χ1) is 8.43. The Morgan fingerprint density at radius 3 is 3.18 bits per heavy atom. The second kappa shape index (κ2) is 4.67. The normalized spacial score (nSPS) is 17.4. The fraction of sp³-hybridized carbons (Fsp3) is 0.545. The Balaban J connectivity index is 1.69. The fourth-order valence-corrected chi connectivity index (χ4v) is 2.08. The molecular formula is C11H15N5O. The summed E-state index contributed by atoms with van der Waals surface area (Å²) in [7, 11) is 0. The van der Waals surface area contributed by atoms with Gasteiger partial charge < -0.3 is 10.1 Å². The van der Waals surface area contributed by atoms with Crippen molar-refractivity contribution < 1.29 is 4.74 Å². The lowest BCUT2D eigenvalue weighted by molar-refractivity contribution is 0.210. The molecule has 0 aromatic carbocycles. The van der Waals surface area contributed by atoms with Crippen LogP contribution in [-0.2, 0) is 0 Å². The van der Waals surface area contributed by atoms with Crippen LogP contribution in [0.2, 0.25) is 0 Å². The minimum absolute atomic E-state index is 0.573. The Morgan fingerprint density at radius 2 is 2.29 bits per heavy atom. The third-order valence-electron chi connectivity index (χ3n) is 3.10. The van der Waals surface area contributed by atoms with Crippen LogP contribution in [0.25, 0.3) is 5.65 Å². The predicted octanol–water partition coefficient (Wildman–Crippen LogP) is 0.503. The van der Waals surface area contributed by atoms with Gasteiger partial charge in [0.1, 0.15) is 6.33 Å². The molecule has 0 saturated carbocycles. The molecule has 0 aliphatic carbocycles. The van der Waals surface area contributed by atoms with Crippen LogP contribution >= 0.6 is 0 Å². The number of aromatic nitrogens is 4. The second-order valence-corrected chi connectivity index (χ2v) is 4.30. The quantitative estimate of drug-likeness (QED) is 0.836. The van der Waals surface area contributed by atoms with Crippen molar-refractivity contribution in [3.05, 3.63) is 18.7 Å². The molecule has 3 rings (SSSR count). The third-order valence-corrected chi connectivity index (χ3v) is 3.10. The van der Waals surface area contributed by atoms with Gasteiger partial charge in [-0.25, -0.2) is 4.98 Å². The minimum Gasteiger partial charge on any atom is -0.475 e. The molecule has 1 saturated heterocycles. The lowest BCUT2D eigenvalue weighted by atomic mass is 9.99. The molecule has 1 aliphatic heterocycles. The smallest absolute Gasteiger partial charge is 0.260 e. The summed E-state index contributed by atoms with van der Waals surface area (Å²) in [6.45, 7) is 2.87. The van der Waals surface area contributed by atoms with E-state index in [4.69, 9.17) is 4.74 Å². The van der Waals surface area contributed by atoms with E-state index in [1.54, 1.807) is 12.5 Å². The van der Waals surface area contributed by atoms with E-state index in [9.17, 15) is 0 Å². The van der Waals surface area contributed by atoms with Gasteiger partial charge in [-0.05, 0) is 31.8 Å². The van der Waals surface area contributed by atoms with Crippen molar-refractivity contribution >= 4 is 5.65 Å². The van der Waals surface area contributed by atoms with Crippen LogP contribution in [0.3, 0.4) is 0 Å². The van der Waals surface area contributed by atoms with Crippen molar-refractivity contribution in [3.63, 3.8) is 0 Å². The van der Waals surface area contributed by atoms with E-state index in [-0.39, 0.29) is 0 Å². The zero-order valence-corrected chi connectivity index (χ0v) is 9.54. The van der Waals surface area contributed by atoms with Gasteiger partial charge in [0.25, 0.3) is 5.88 Å². The molecule has 6 heteroatoms. The van der Waals surface area contributed by atoms with Crippen molar-refractivity contribution in [2.45, 2.75) is 12.8 Å². The van der Waals surface area contributed by atoms with Crippen LogP contribution in [-0.4, -0.2) is 39.3 Å². The summed E-state index contributed by atoms with van der Waals surface area (Å²) in [5, 5.41) is 11.2. The molecule has 0 spiro atoms. The monoisotopic (exact) mass is 233 g/mol. The molecule has 3 heterocycles. The Bertz CT molecular complexity index is 491. The number of hydrogen-bond donors (Lipinski definition) is 1. The number of ether oxygens (including phenoxy) is 1. The molecular weight excluding hydrogens is 218 g/mol. The van der Waals surface area contributed by atoms with Crippen LogP contribution in [0.1, 0.15) is 12.8 Å². The highest BCUT2D eigenvalue weighted by Gasteiger charge is 2.15. The van der Waals surface area contributed by atoms with Crippen molar-refractivity contribution in [2.24, 2.45) is 5.92 Å². The summed E-state index contributed by atoms with van der Waals surface area (Å²) in [6.07, 6.45) is 7.49. The van der Waals surface area contributed by atoms with Crippen LogP contribution in [0.5, 0.6) is 5.88 Å². The Morgan fingerprint density at radius 1 is 1.41 bits per heavy atom. The lowest BCUT2D eigenvalue weighted by Crippen LogP contribution is -2.30. The summed E-state index contributed by atoms with van der Waals surface area (Å²) in [5.74, 6) is 1.18. The fourth-order valence-electron chi connectivity index (χ4n) is 2.08. The molecule has 0 unspecified atom stereocenters. The van der Waals surface area contributed by atoms with Crippen LogP contribution in [0, 0.1) is 5.92 Å². The SMILES string of the molecule is c1cn2cnnc2c(OCC2CCNCC2)n1. The zero-order valence-electron chi connectivity index (χ0n) is 9.54. The molecule has 0 amide bonds.